The largest absolute Gasteiger partial charge is 0.477 e. The number of rotatable bonds is 6. The van der Waals surface area contributed by atoms with Crippen molar-refractivity contribution in [1.29, 1.82) is 0 Å². The summed E-state index contributed by atoms with van der Waals surface area (Å²) in [5.41, 5.74) is -0.282. The predicted octanol–water partition coefficient (Wildman–Crippen LogP) is 1.93. The third-order valence-electron chi connectivity index (χ3n) is 3.90. The topological polar surface area (TPSA) is 92.7 Å². The van der Waals surface area contributed by atoms with Gasteiger partial charge in [-0.2, -0.15) is 0 Å². The highest BCUT2D eigenvalue weighted by atomic mass is 32.2. The zero-order chi connectivity index (χ0) is 15.8. The molecule has 1 aromatic heterocycles. The smallest absolute Gasteiger partial charge is 0.345 e. The molecule has 1 saturated carbocycles. The molecule has 1 aliphatic carbocycles. The van der Waals surface area contributed by atoms with Gasteiger partial charge in [0.25, 0.3) is 0 Å². The third-order valence-corrected chi connectivity index (χ3v) is 6.94. The SMILES string of the molecule is CCOC1CC(NS(=O)(=O)c2ccc(C(=O)O)s2)C1(C)C. The van der Waals surface area contributed by atoms with E-state index in [2.05, 4.69) is 4.72 Å². The van der Waals surface area contributed by atoms with E-state index in [-0.39, 0.29) is 26.6 Å². The Balaban J connectivity index is 2.10. The summed E-state index contributed by atoms with van der Waals surface area (Å²) in [6.07, 6.45) is 0.658. The lowest BCUT2D eigenvalue weighted by Crippen LogP contribution is -2.61. The molecule has 0 bridgehead atoms. The minimum Gasteiger partial charge on any atom is -0.477 e. The highest BCUT2D eigenvalue weighted by molar-refractivity contribution is 7.91. The fourth-order valence-corrected chi connectivity index (χ4v) is 4.96. The van der Waals surface area contributed by atoms with Crippen LogP contribution in [0.15, 0.2) is 16.3 Å². The molecule has 2 rings (SSSR count). The number of carbonyl (C=O) groups is 1. The fourth-order valence-electron chi connectivity index (χ4n) is 2.39. The van der Waals surface area contributed by atoms with Gasteiger partial charge in [-0.15, -0.1) is 11.3 Å². The average Bonchev–Trinajstić information content (AvgIpc) is 2.88. The molecule has 0 radical (unpaired) electrons. The van der Waals surface area contributed by atoms with Crippen molar-refractivity contribution >= 4 is 27.3 Å². The van der Waals surface area contributed by atoms with Gasteiger partial charge in [0.15, 0.2) is 0 Å². The number of aromatic carboxylic acids is 1. The Morgan fingerprint density at radius 3 is 2.67 bits per heavy atom. The van der Waals surface area contributed by atoms with E-state index >= 15 is 0 Å². The molecule has 0 amide bonds. The first-order valence-corrected chi connectivity index (χ1v) is 8.95. The molecule has 1 fully saturated rings. The van der Waals surface area contributed by atoms with E-state index in [0.29, 0.717) is 13.0 Å². The van der Waals surface area contributed by atoms with E-state index in [1.54, 1.807) is 0 Å². The van der Waals surface area contributed by atoms with Crippen LogP contribution in [-0.2, 0) is 14.8 Å². The van der Waals surface area contributed by atoms with Crippen molar-refractivity contribution in [3.63, 3.8) is 0 Å². The molecular weight excluding hydrogens is 314 g/mol. The first-order valence-electron chi connectivity index (χ1n) is 6.65. The summed E-state index contributed by atoms with van der Waals surface area (Å²) in [5, 5.41) is 8.86. The van der Waals surface area contributed by atoms with E-state index in [0.717, 1.165) is 11.3 Å². The van der Waals surface area contributed by atoms with Gasteiger partial charge in [-0.3, -0.25) is 0 Å². The molecule has 0 aliphatic heterocycles. The molecule has 1 aliphatic rings. The van der Waals surface area contributed by atoms with Crippen molar-refractivity contribution in [3.8, 4) is 0 Å². The number of hydrogen-bond donors (Lipinski definition) is 2. The molecule has 2 atom stereocenters. The van der Waals surface area contributed by atoms with Crippen LogP contribution in [0.25, 0.3) is 0 Å². The molecule has 0 aromatic carbocycles. The highest BCUT2D eigenvalue weighted by Crippen LogP contribution is 2.43. The zero-order valence-corrected chi connectivity index (χ0v) is 13.8. The summed E-state index contributed by atoms with van der Waals surface area (Å²) in [6, 6.07) is 2.41. The van der Waals surface area contributed by atoms with Crippen LogP contribution >= 0.6 is 11.3 Å². The van der Waals surface area contributed by atoms with E-state index in [1.807, 2.05) is 20.8 Å². The van der Waals surface area contributed by atoms with Gasteiger partial charge in [0.05, 0.1) is 6.10 Å². The molecule has 118 valence electrons. The first kappa shape index (κ1) is 16.4. The summed E-state index contributed by atoms with van der Waals surface area (Å²) in [4.78, 5) is 10.8. The van der Waals surface area contributed by atoms with Gasteiger partial charge >= 0.3 is 5.97 Å². The summed E-state index contributed by atoms with van der Waals surface area (Å²) >= 11 is 0.754. The lowest BCUT2D eigenvalue weighted by molar-refractivity contribution is -0.108. The minimum absolute atomic E-state index is 0.00966. The van der Waals surface area contributed by atoms with E-state index in [4.69, 9.17) is 9.84 Å². The Bertz CT molecular complexity index is 635. The number of carboxylic acid groups (broad SMARTS) is 1. The summed E-state index contributed by atoms with van der Waals surface area (Å²) in [6.45, 7) is 6.43. The van der Waals surface area contributed by atoms with Gasteiger partial charge in [-0.25, -0.2) is 17.9 Å². The highest BCUT2D eigenvalue weighted by Gasteiger charge is 2.50. The molecule has 0 saturated heterocycles. The first-order chi connectivity index (χ1) is 9.68. The monoisotopic (exact) mass is 333 g/mol. The molecule has 6 nitrogen and oxygen atoms in total. The lowest BCUT2D eigenvalue weighted by atomic mass is 9.65. The van der Waals surface area contributed by atoms with Crippen LogP contribution in [0.3, 0.4) is 0 Å². The molecule has 21 heavy (non-hydrogen) atoms. The van der Waals surface area contributed by atoms with Crippen LogP contribution in [0, 0.1) is 5.41 Å². The summed E-state index contributed by atoms with van der Waals surface area (Å²) in [5.74, 6) is -1.12. The van der Waals surface area contributed by atoms with Crippen LogP contribution in [0.5, 0.6) is 0 Å². The second-order valence-corrected chi connectivity index (χ2v) is 8.62. The van der Waals surface area contributed by atoms with Gasteiger partial charge in [0.2, 0.25) is 10.0 Å². The maximum Gasteiger partial charge on any atom is 0.345 e. The summed E-state index contributed by atoms with van der Waals surface area (Å²) in [7, 11) is -3.69. The fraction of sp³-hybridized carbons (Fsp3) is 0.615. The Hall–Kier alpha value is -0.960. The van der Waals surface area contributed by atoms with E-state index in [9.17, 15) is 13.2 Å². The van der Waals surface area contributed by atoms with Crippen molar-refractivity contribution in [3.05, 3.63) is 17.0 Å². The second kappa shape index (κ2) is 5.68. The number of hydrogen-bond acceptors (Lipinski definition) is 5. The predicted molar refractivity (Wildman–Crippen MR) is 79.2 cm³/mol. The molecule has 2 N–H and O–H groups in total. The van der Waals surface area contributed by atoms with Crippen LogP contribution in [0.2, 0.25) is 0 Å². The number of thiophene rings is 1. The number of ether oxygens (including phenoxy) is 1. The van der Waals surface area contributed by atoms with Crippen molar-refractivity contribution in [2.45, 2.75) is 43.5 Å². The Morgan fingerprint density at radius 2 is 2.19 bits per heavy atom. The molecular formula is C13H19NO5S2. The Kier molecular flexibility index (Phi) is 4.44. The second-order valence-electron chi connectivity index (χ2n) is 5.60. The molecule has 0 spiro atoms. The number of carboxylic acids is 1. The molecule has 1 aromatic rings. The maximum atomic E-state index is 12.3. The van der Waals surface area contributed by atoms with Gasteiger partial charge in [-0.05, 0) is 25.5 Å². The Labute approximate surface area is 128 Å². The van der Waals surface area contributed by atoms with Crippen LogP contribution in [0.4, 0.5) is 0 Å². The van der Waals surface area contributed by atoms with Crippen molar-refractivity contribution < 1.29 is 23.1 Å². The van der Waals surface area contributed by atoms with E-state index < -0.39 is 16.0 Å². The third kappa shape index (κ3) is 3.13. The maximum absolute atomic E-state index is 12.3. The molecule has 2 unspecified atom stereocenters. The van der Waals surface area contributed by atoms with Crippen LogP contribution in [-0.4, -0.2) is 38.2 Å². The molecule has 8 heteroatoms. The van der Waals surface area contributed by atoms with Crippen LogP contribution < -0.4 is 4.72 Å². The van der Waals surface area contributed by atoms with Crippen molar-refractivity contribution in [2.75, 3.05) is 6.61 Å². The summed E-state index contributed by atoms with van der Waals surface area (Å²) < 4.78 is 32.8. The van der Waals surface area contributed by atoms with Gasteiger partial charge in [0.1, 0.15) is 9.09 Å². The number of nitrogens with one attached hydrogen (secondary N) is 1. The lowest BCUT2D eigenvalue weighted by Gasteiger charge is -2.51. The minimum atomic E-state index is -3.69. The Morgan fingerprint density at radius 1 is 1.52 bits per heavy atom. The molecule has 1 heterocycles. The van der Waals surface area contributed by atoms with Crippen LogP contribution in [0.1, 0.15) is 36.9 Å². The van der Waals surface area contributed by atoms with Gasteiger partial charge < -0.3 is 9.84 Å². The van der Waals surface area contributed by atoms with Gasteiger partial charge in [-0.1, -0.05) is 13.8 Å². The van der Waals surface area contributed by atoms with Crippen molar-refractivity contribution in [2.24, 2.45) is 5.41 Å². The normalized spacial score (nSPS) is 24.5. The van der Waals surface area contributed by atoms with Gasteiger partial charge in [0, 0.05) is 18.1 Å². The standard InChI is InChI=1S/C13H19NO5S2/c1-4-19-10-7-9(13(10,2)3)14-21(17,18)11-6-5-8(20-11)12(15)16/h5-6,9-10,14H,4,7H2,1-3H3,(H,15,16). The zero-order valence-electron chi connectivity index (χ0n) is 12.1. The average molecular weight is 333 g/mol. The number of sulfonamides is 1. The van der Waals surface area contributed by atoms with Crippen molar-refractivity contribution in [1.82, 2.24) is 4.72 Å². The quantitative estimate of drug-likeness (QED) is 0.830. The van der Waals surface area contributed by atoms with E-state index in [1.165, 1.54) is 12.1 Å².